The highest BCUT2D eigenvalue weighted by Gasteiger charge is 2.30. The first-order chi connectivity index (χ1) is 16.1. The molecule has 0 atom stereocenters. The molecule has 10 heteroatoms. The Balaban J connectivity index is 1.62. The van der Waals surface area contributed by atoms with Crippen molar-refractivity contribution in [2.75, 3.05) is 0 Å². The fourth-order valence-electron chi connectivity index (χ4n) is 3.63. The Morgan fingerprint density at radius 1 is 0.971 bits per heavy atom. The number of aromatic nitrogens is 5. The Morgan fingerprint density at radius 2 is 1.74 bits per heavy atom. The summed E-state index contributed by atoms with van der Waals surface area (Å²) in [5.41, 5.74) is 3.92. The molecule has 7 nitrogen and oxygen atoms in total. The summed E-state index contributed by atoms with van der Waals surface area (Å²) in [5, 5.41) is 7.70. The number of halogens is 3. The minimum absolute atomic E-state index is 0.184. The molecule has 0 spiro atoms. The zero-order valence-corrected chi connectivity index (χ0v) is 19.0. The predicted octanol–water partition coefficient (Wildman–Crippen LogP) is 4.55. The highest BCUT2D eigenvalue weighted by molar-refractivity contribution is 5.66. The van der Waals surface area contributed by atoms with Crippen molar-refractivity contribution in [1.29, 1.82) is 0 Å². The third kappa shape index (κ3) is 4.43. The van der Waals surface area contributed by atoms with E-state index in [1.807, 2.05) is 45.0 Å². The van der Waals surface area contributed by atoms with Gasteiger partial charge >= 0.3 is 11.9 Å². The molecule has 2 aromatic carbocycles. The number of tetrazole rings is 1. The highest BCUT2D eigenvalue weighted by atomic mass is 19.4. The van der Waals surface area contributed by atoms with Gasteiger partial charge in [0.2, 0.25) is 0 Å². The molecular formula is C24H22F3N5O2. The van der Waals surface area contributed by atoms with E-state index in [4.69, 9.17) is 4.74 Å². The smallest absolute Gasteiger partial charge is 0.417 e. The van der Waals surface area contributed by atoms with Gasteiger partial charge in [0.05, 0.1) is 16.9 Å². The molecule has 0 fully saturated rings. The number of pyridine rings is 1. The zero-order valence-electron chi connectivity index (χ0n) is 19.0. The summed E-state index contributed by atoms with van der Waals surface area (Å²) >= 11 is 0. The van der Waals surface area contributed by atoms with Crippen molar-refractivity contribution < 1.29 is 17.9 Å². The molecule has 0 aliphatic rings. The second-order valence-corrected chi connectivity index (χ2v) is 8.02. The van der Waals surface area contributed by atoms with Crippen LogP contribution in [0.1, 0.15) is 27.8 Å². The number of rotatable bonds is 5. The van der Waals surface area contributed by atoms with Crippen LogP contribution in [0.5, 0.6) is 5.75 Å². The lowest BCUT2D eigenvalue weighted by Crippen LogP contribution is -2.23. The van der Waals surface area contributed by atoms with E-state index in [1.54, 1.807) is 6.07 Å². The number of benzene rings is 2. The van der Waals surface area contributed by atoms with Crippen LogP contribution in [0, 0.1) is 20.8 Å². The van der Waals surface area contributed by atoms with Crippen LogP contribution in [-0.2, 0) is 19.8 Å². The Labute approximate surface area is 193 Å². The van der Waals surface area contributed by atoms with Crippen LogP contribution >= 0.6 is 0 Å². The molecule has 0 saturated carbocycles. The molecule has 0 radical (unpaired) electrons. The Kier molecular flexibility index (Phi) is 5.99. The minimum Gasteiger partial charge on any atom is -0.489 e. The maximum absolute atomic E-state index is 12.8. The number of nitrogens with zero attached hydrogens (tertiary/aromatic N) is 5. The molecule has 0 unspecified atom stereocenters. The topological polar surface area (TPSA) is 74.8 Å². The summed E-state index contributed by atoms with van der Waals surface area (Å²) in [5.74, 6) is 0.619. The van der Waals surface area contributed by atoms with Crippen LogP contribution in [0.3, 0.4) is 0 Å². The van der Waals surface area contributed by atoms with Crippen LogP contribution < -0.4 is 10.4 Å². The Morgan fingerprint density at radius 3 is 2.35 bits per heavy atom. The minimum atomic E-state index is -4.43. The third-order valence-electron chi connectivity index (χ3n) is 5.60. The molecule has 2 aromatic heterocycles. The van der Waals surface area contributed by atoms with E-state index in [1.165, 1.54) is 17.8 Å². The number of hydrogen-bond acceptors (Lipinski definition) is 5. The molecule has 4 aromatic rings. The molecule has 0 amide bonds. The van der Waals surface area contributed by atoms with E-state index in [2.05, 4.69) is 15.4 Å². The van der Waals surface area contributed by atoms with Gasteiger partial charge in [-0.3, -0.25) is 4.98 Å². The monoisotopic (exact) mass is 469 g/mol. The van der Waals surface area contributed by atoms with E-state index >= 15 is 0 Å². The lowest BCUT2D eigenvalue weighted by Gasteiger charge is -2.16. The summed E-state index contributed by atoms with van der Waals surface area (Å²) in [4.78, 5) is 16.3. The predicted molar refractivity (Wildman–Crippen MR) is 120 cm³/mol. The van der Waals surface area contributed by atoms with Gasteiger partial charge in [-0.1, -0.05) is 12.1 Å². The largest absolute Gasteiger partial charge is 0.489 e. The molecule has 0 bridgehead atoms. The van der Waals surface area contributed by atoms with Crippen molar-refractivity contribution in [1.82, 2.24) is 24.8 Å². The van der Waals surface area contributed by atoms with Gasteiger partial charge in [-0.15, -0.1) is 0 Å². The first kappa shape index (κ1) is 23.2. The van der Waals surface area contributed by atoms with Gasteiger partial charge in [0.1, 0.15) is 12.4 Å². The number of ether oxygens (including phenoxy) is 1. The van der Waals surface area contributed by atoms with Gasteiger partial charge in [0.25, 0.3) is 0 Å². The normalized spacial score (nSPS) is 11.6. The first-order valence-corrected chi connectivity index (χ1v) is 10.4. The SMILES string of the molecule is Cc1cc(-c2ccc(C(F)(F)F)cn2)c(C)cc1OCc1c(C)cccc1-n1nnn(C)c1=O. The average Bonchev–Trinajstić information content (AvgIpc) is 3.12. The van der Waals surface area contributed by atoms with Crippen molar-refractivity contribution in [3.05, 3.63) is 87.0 Å². The van der Waals surface area contributed by atoms with Crippen molar-refractivity contribution >= 4 is 0 Å². The molecule has 0 N–H and O–H groups in total. The molecule has 176 valence electrons. The Hall–Kier alpha value is -3.95. The van der Waals surface area contributed by atoms with Gasteiger partial charge in [0.15, 0.2) is 0 Å². The number of hydrogen-bond donors (Lipinski definition) is 0. The van der Waals surface area contributed by atoms with Crippen LogP contribution in [0.2, 0.25) is 0 Å². The maximum Gasteiger partial charge on any atom is 0.417 e. The second kappa shape index (κ2) is 8.77. The van der Waals surface area contributed by atoms with Crippen molar-refractivity contribution in [2.24, 2.45) is 7.05 Å². The molecular weight excluding hydrogens is 447 g/mol. The Bertz CT molecular complexity index is 1410. The van der Waals surface area contributed by atoms with Gasteiger partial charge in [-0.2, -0.15) is 22.5 Å². The van der Waals surface area contributed by atoms with Crippen LogP contribution in [0.15, 0.2) is 53.5 Å². The lowest BCUT2D eigenvalue weighted by molar-refractivity contribution is -0.137. The summed E-state index contributed by atoms with van der Waals surface area (Å²) < 4.78 is 47.0. The standard InChI is InChI=1S/C24H22F3N5O2/c1-14-6-5-7-21(32-23(33)31(4)29-30-32)19(14)13-34-22-11-15(2)18(10-16(22)3)20-9-8-17(12-28-20)24(25,26)27/h5-12H,13H2,1-4H3. The highest BCUT2D eigenvalue weighted by Crippen LogP contribution is 2.33. The van der Waals surface area contributed by atoms with Gasteiger partial charge < -0.3 is 4.74 Å². The third-order valence-corrected chi connectivity index (χ3v) is 5.60. The van der Waals surface area contributed by atoms with Gasteiger partial charge in [-0.25, -0.2) is 4.79 Å². The summed E-state index contributed by atoms with van der Waals surface area (Å²) in [6.07, 6.45) is -3.60. The van der Waals surface area contributed by atoms with E-state index in [-0.39, 0.29) is 12.3 Å². The quantitative estimate of drug-likeness (QED) is 0.429. The molecule has 0 saturated heterocycles. The molecule has 0 aliphatic heterocycles. The zero-order chi connectivity index (χ0) is 24.6. The number of aryl methyl sites for hydroxylation is 4. The van der Waals surface area contributed by atoms with Gasteiger partial charge in [-0.05, 0) is 78.2 Å². The molecule has 2 heterocycles. The molecule has 34 heavy (non-hydrogen) atoms. The second-order valence-electron chi connectivity index (χ2n) is 8.02. The number of alkyl halides is 3. The van der Waals surface area contributed by atoms with Crippen LogP contribution in [-0.4, -0.2) is 24.8 Å². The molecule has 0 aliphatic carbocycles. The summed E-state index contributed by atoms with van der Waals surface area (Å²) in [6.45, 7) is 5.80. The molecule has 4 rings (SSSR count). The van der Waals surface area contributed by atoms with Crippen molar-refractivity contribution in [2.45, 2.75) is 33.6 Å². The maximum atomic E-state index is 12.8. The van der Waals surface area contributed by atoms with Crippen molar-refractivity contribution in [3.8, 4) is 22.7 Å². The summed E-state index contributed by atoms with van der Waals surface area (Å²) in [6, 6.07) is 11.6. The van der Waals surface area contributed by atoms with Crippen LogP contribution in [0.25, 0.3) is 16.9 Å². The fourth-order valence-corrected chi connectivity index (χ4v) is 3.63. The van der Waals surface area contributed by atoms with E-state index in [9.17, 15) is 18.0 Å². The van der Waals surface area contributed by atoms with Crippen LogP contribution in [0.4, 0.5) is 13.2 Å². The fraction of sp³-hybridized carbons (Fsp3) is 0.250. The van der Waals surface area contributed by atoms with E-state index < -0.39 is 11.7 Å². The van der Waals surface area contributed by atoms with E-state index in [0.717, 1.165) is 44.8 Å². The first-order valence-electron chi connectivity index (χ1n) is 10.4. The van der Waals surface area contributed by atoms with E-state index in [0.29, 0.717) is 17.1 Å². The summed E-state index contributed by atoms with van der Waals surface area (Å²) in [7, 11) is 1.52. The van der Waals surface area contributed by atoms with Crippen molar-refractivity contribution in [3.63, 3.8) is 0 Å². The van der Waals surface area contributed by atoms with Gasteiger partial charge in [0, 0.05) is 24.4 Å². The average molecular weight is 469 g/mol. The lowest BCUT2D eigenvalue weighted by atomic mass is 10.0.